The highest BCUT2D eigenvalue weighted by atomic mass is 32.1. The Morgan fingerprint density at radius 1 is 1.38 bits per heavy atom. The fourth-order valence-corrected chi connectivity index (χ4v) is 2.29. The number of nitrogens with zero attached hydrogens (tertiary/aromatic N) is 2. The quantitative estimate of drug-likeness (QED) is 0.705. The Morgan fingerprint density at radius 3 is 2.94 bits per heavy atom. The van der Waals surface area contributed by atoms with Crippen molar-refractivity contribution < 1.29 is 4.74 Å². The van der Waals surface area contributed by atoms with Crippen LogP contribution in [0.5, 0.6) is 0 Å². The Hall–Kier alpha value is -0.520. The van der Waals surface area contributed by atoms with E-state index in [-0.39, 0.29) is 0 Å². The summed E-state index contributed by atoms with van der Waals surface area (Å²) in [4.78, 5) is 0. The summed E-state index contributed by atoms with van der Waals surface area (Å²) in [5, 5.41) is 13.9. The van der Waals surface area contributed by atoms with Crippen LogP contribution in [0.25, 0.3) is 0 Å². The van der Waals surface area contributed by atoms with Gasteiger partial charge in [-0.25, -0.2) is 0 Å². The van der Waals surface area contributed by atoms with Crippen molar-refractivity contribution in [3.8, 4) is 0 Å². The largest absolute Gasteiger partial charge is 0.374 e. The van der Waals surface area contributed by atoms with Gasteiger partial charge in [0.15, 0.2) is 0 Å². The van der Waals surface area contributed by atoms with E-state index in [2.05, 4.69) is 15.5 Å². The summed E-state index contributed by atoms with van der Waals surface area (Å²) in [6.45, 7) is 4.44. The fourth-order valence-electron chi connectivity index (χ4n) is 1.47. The van der Waals surface area contributed by atoms with E-state index >= 15 is 0 Å². The molecule has 0 amide bonds. The standard InChI is InChI=1S/C11H19N3OS/c1-2-15-8-11-14-13-10(16-11)4-3-7-12-9-5-6-9/h9,12H,2-8H2,1H3. The number of aromatic nitrogens is 2. The van der Waals surface area contributed by atoms with Gasteiger partial charge in [-0.2, -0.15) is 0 Å². The number of rotatable bonds is 8. The summed E-state index contributed by atoms with van der Waals surface area (Å²) in [7, 11) is 0. The number of hydrogen-bond donors (Lipinski definition) is 1. The van der Waals surface area contributed by atoms with E-state index in [9.17, 15) is 0 Å². The Labute approximate surface area is 100 Å². The minimum absolute atomic E-state index is 0.606. The average molecular weight is 241 g/mol. The first-order valence-corrected chi connectivity index (χ1v) is 6.82. The molecule has 1 heterocycles. The van der Waals surface area contributed by atoms with Crippen molar-refractivity contribution in [2.75, 3.05) is 13.2 Å². The molecule has 0 atom stereocenters. The maximum atomic E-state index is 5.29. The summed E-state index contributed by atoms with van der Waals surface area (Å²) >= 11 is 1.67. The van der Waals surface area contributed by atoms with E-state index in [1.807, 2.05) is 6.92 Å². The molecule has 1 aliphatic carbocycles. The van der Waals surface area contributed by atoms with Gasteiger partial charge >= 0.3 is 0 Å². The summed E-state index contributed by atoms with van der Waals surface area (Å²) in [6.07, 6.45) is 4.90. The van der Waals surface area contributed by atoms with Gasteiger partial charge in [0, 0.05) is 19.1 Å². The Bertz CT molecular complexity index is 312. The van der Waals surface area contributed by atoms with Gasteiger partial charge in [-0.05, 0) is 32.7 Å². The smallest absolute Gasteiger partial charge is 0.143 e. The summed E-state index contributed by atoms with van der Waals surface area (Å²) in [5.74, 6) is 0. The van der Waals surface area contributed by atoms with Gasteiger partial charge in [-0.15, -0.1) is 10.2 Å². The first-order valence-electron chi connectivity index (χ1n) is 6.01. The molecule has 1 aliphatic rings. The van der Waals surface area contributed by atoms with E-state index in [1.165, 1.54) is 12.8 Å². The second-order valence-corrected chi connectivity index (χ2v) is 5.21. The van der Waals surface area contributed by atoms with Crippen molar-refractivity contribution in [2.24, 2.45) is 0 Å². The molecule has 0 radical (unpaired) electrons. The summed E-state index contributed by atoms with van der Waals surface area (Å²) in [6, 6.07) is 0.808. The molecule has 2 rings (SSSR count). The number of nitrogens with one attached hydrogen (secondary N) is 1. The first-order chi connectivity index (χ1) is 7.88. The molecule has 90 valence electrons. The zero-order valence-corrected chi connectivity index (χ0v) is 10.6. The molecule has 16 heavy (non-hydrogen) atoms. The van der Waals surface area contributed by atoms with Crippen molar-refractivity contribution >= 4 is 11.3 Å². The number of aryl methyl sites for hydroxylation is 1. The highest BCUT2D eigenvalue weighted by Crippen LogP contribution is 2.18. The molecular weight excluding hydrogens is 222 g/mol. The SMILES string of the molecule is CCOCc1nnc(CCCNC2CC2)s1. The summed E-state index contributed by atoms with van der Waals surface area (Å²) in [5.41, 5.74) is 0. The van der Waals surface area contributed by atoms with Crippen molar-refractivity contribution in [2.45, 2.75) is 45.3 Å². The molecule has 0 bridgehead atoms. The topological polar surface area (TPSA) is 47.0 Å². The molecule has 1 aromatic rings. The zero-order valence-electron chi connectivity index (χ0n) is 9.74. The van der Waals surface area contributed by atoms with Crippen LogP contribution in [0.1, 0.15) is 36.2 Å². The lowest BCUT2D eigenvalue weighted by Gasteiger charge is -1.99. The molecule has 0 saturated heterocycles. The number of hydrogen-bond acceptors (Lipinski definition) is 5. The molecule has 0 aromatic carbocycles. The van der Waals surface area contributed by atoms with Gasteiger partial charge in [-0.3, -0.25) is 0 Å². The van der Waals surface area contributed by atoms with E-state index in [4.69, 9.17) is 4.74 Å². The third-order valence-electron chi connectivity index (χ3n) is 2.52. The molecular formula is C11H19N3OS. The predicted octanol–water partition coefficient (Wildman–Crippen LogP) is 1.76. The van der Waals surface area contributed by atoms with Gasteiger partial charge in [0.2, 0.25) is 0 Å². The maximum Gasteiger partial charge on any atom is 0.143 e. The van der Waals surface area contributed by atoms with Crippen LogP contribution in [0.3, 0.4) is 0 Å². The van der Waals surface area contributed by atoms with E-state index in [0.717, 1.165) is 42.1 Å². The Morgan fingerprint density at radius 2 is 2.19 bits per heavy atom. The Kier molecular flexibility index (Phi) is 4.69. The van der Waals surface area contributed by atoms with Crippen molar-refractivity contribution in [3.05, 3.63) is 10.0 Å². The second-order valence-electron chi connectivity index (χ2n) is 4.06. The monoisotopic (exact) mass is 241 g/mol. The van der Waals surface area contributed by atoms with Crippen LogP contribution in [-0.4, -0.2) is 29.4 Å². The van der Waals surface area contributed by atoms with E-state index in [1.54, 1.807) is 11.3 Å². The van der Waals surface area contributed by atoms with Crippen molar-refractivity contribution in [3.63, 3.8) is 0 Å². The van der Waals surface area contributed by atoms with Gasteiger partial charge in [0.1, 0.15) is 16.6 Å². The Balaban J connectivity index is 1.61. The van der Waals surface area contributed by atoms with Crippen LogP contribution < -0.4 is 5.32 Å². The highest BCUT2D eigenvalue weighted by molar-refractivity contribution is 7.11. The fraction of sp³-hybridized carbons (Fsp3) is 0.818. The van der Waals surface area contributed by atoms with Crippen LogP contribution in [-0.2, 0) is 17.8 Å². The normalized spacial score (nSPS) is 15.6. The van der Waals surface area contributed by atoms with Crippen molar-refractivity contribution in [1.29, 1.82) is 0 Å². The van der Waals surface area contributed by atoms with Crippen LogP contribution in [0.4, 0.5) is 0 Å². The van der Waals surface area contributed by atoms with E-state index in [0.29, 0.717) is 6.61 Å². The number of ether oxygens (including phenoxy) is 1. The van der Waals surface area contributed by atoms with Gasteiger partial charge in [0.25, 0.3) is 0 Å². The first kappa shape index (κ1) is 12.0. The molecule has 0 spiro atoms. The lowest BCUT2D eigenvalue weighted by molar-refractivity contribution is 0.133. The molecule has 1 N–H and O–H groups in total. The lowest BCUT2D eigenvalue weighted by Crippen LogP contribution is -2.17. The lowest BCUT2D eigenvalue weighted by atomic mass is 10.3. The molecule has 1 aromatic heterocycles. The molecule has 5 heteroatoms. The maximum absolute atomic E-state index is 5.29. The van der Waals surface area contributed by atoms with Crippen LogP contribution in [0.15, 0.2) is 0 Å². The van der Waals surface area contributed by atoms with Crippen LogP contribution >= 0.6 is 11.3 Å². The molecule has 4 nitrogen and oxygen atoms in total. The van der Waals surface area contributed by atoms with Gasteiger partial charge in [-0.1, -0.05) is 11.3 Å². The second kappa shape index (κ2) is 6.27. The van der Waals surface area contributed by atoms with Crippen molar-refractivity contribution in [1.82, 2.24) is 15.5 Å². The zero-order chi connectivity index (χ0) is 11.2. The molecule has 1 fully saturated rings. The van der Waals surface area contributed by atoms with Gasteiger partial charge in [0.05, 0.1) is 0 Å². The minimum Gasteiger partial charge on any atom is -0.374 e. The van der Waals surface area contributed by atoms with Crippen LogP contribution in [0.2, 0.25) is 0 Å². The molecule has 0 unspecified atom stereocenters. The predicted molar refractivity (Wildman–Crippen MR) is 64.6 cm³/mol. The average Bonchev–Trinajstić information content (AvgIpc) is 3.01. The summed E-state index contributed by atoms with van der Waals surface area (Å²) < 4.78 is 5.29. The third-order valence-corrected chi connectivity index (χ3v) is 3.47. The minimum atomic E-state index is 0.606. The van der Waals surface area contributed by atoms with E-state index < -0.39 is 0 Å². The van der Waals surface area contributed by atoms with Crippen LogP contribution in [0, 0.1) is 0 Å². The highest BCUT2D eigenvalue weighted by Gasteiger charge is 2.19. The molecule has 0 aliphatic heterocycles. The third kappa shape index (κ3) is 4.15. The molecule has 1 saturated carbocycles. The van der Waals surface area contributed by atoms with Gasteiger partial charge < -0.3 is 10.1 Å².